The first-order valence-electron chi connectivity index (χ1n) is 5.96. The van der Waals surface area contributed by atoms with E-state index in [0.29, 0.717) is 5.92 Å². The molecule has 4 nitrogen and oxygen atoms in total. The molecule has 0 saturated heterocycles. The van der Waals surface area contributed by atoms with Crippen LogP contribution >= 0.6 is 0 Å². The lowest BCUT2D eigenvalue weighted by Crippen LogP contribution is -2.12. The third-order valence-corrected chi connectivity index (χ3v) is 3.32. The Hall–Kier alpha value is -1.67. The minimum atomic E-state index is 0.0153. The van der Waals surface area contributed by atoms with Gasteiger partial charge in [-0.15, -0.1) is 0 Å². The molecule has 0 spiro atoms. The Morgan fingerprint density at radius 2 is 2.47 bits per heavy atom. The van der Waals surface area contributed by atoms with Gasteiger partial charge in [-0.3, -0.25) is 0 Å². The Balaban J connectivity index is 2.16. The van der Waals surface area contributed by atoms with Gasteiger partial charge >= 0.3 is 0 Å². The van der Waals surface area contributed by atoms with Crippen molar-refractivity contribution in [3.05, 3.63) is 45.6 Å². The first-order valence-corrected chi connectivity index (χ1v) is 5.96. The molecule has 0 saturated carbocycles. The maximum atomic E-state index is 8.43. The van der Waals surface area contributed by atoms with Crippen LogP contribution in [0.15, 0.2) is 40.2 Å². The van der Waals surface area contributed by atoms with Crippen LogP contribution in [-0.2, 0) is 4.74 Å². The van der Waals surface area contributed by atoms with E-state index in [0.717, 1.165) is 25.0 Å². The van der Waals surface area contributed by atoms with Crippen LogP contribution in [0.2, 0.25) is 0 Å². The molecular weight excluding hydrogens is 214 g/mol. The number of hydrogen-bond donors (Lipinski definition) is 0. The fourth-order valence-corrected chi connectivity index (χ4v) is 2.58. The smallest absolute Gasteiger partial charge is 0.118 e. The van der Waals surface area contributed by atoms with Gasteiger partial charge in [0.2, 0.25) is 0 Å². The molecule has 0 aromatic carbocycles. The molecule has 0 bridgehead atoms. The normalized spacial score (nSPS) is 23.9. The summed E-state index contributed by atoms with van der Waals surface area (Å²) >= 11 is 0. The molecule has 17 heavy (non-hydrogen) atoms. The highest BCUT2D eigenvalue weighted by Crippen LogP contribution is 2.39. The summed E-state index contributed by atoms with van der Waals surface area (Å²) in [5.41, 5.74) is 11.1. The molecule has 0 heterocycles. The molecule has 90 valence electrons. The highest BCUT2D eigenvalue weighted by Gasteiger charge is 2.27. The lowest BCUT2D eigenvalue weighted by molar-refractivity contribution is 0.289. The molecule has 2 unspecified atom stereocenters. The summed E-state index contributed by atoms with van der Waals surface area (Å²) in [6.07, 6.45) is 9.52. The van der Waals surface area contributed by atoms with E-state index >= 15 is 0 Å². The number of rotatable bonds is 4. The molecule has 2 rings (SSSR count). The number of ether oxygens (including phenoxy) is 1. The molecule has 0 aromatic heterocycles. The lowest BCUT2D eigenvalue weighted by Gasteiger charge is -2.22. The van der Waals surface area contributed by atoms with Gasteiger partial charge in [0.1, 0.15) is 5.76 Å². The van der Waals surface area contributed by atoms with E-state index in [2.05, 4.69) is 28.3 Å². The first-order chi connectivity index (χ1) is 8.26. The van der Waals surface area contributed by atoms with Crippen LogP contribution in [-0.4, -0.2) is 13.2 Å². The first kappa shape index (κ1) is 11.8. The van der Waals surface area contributed by atoms with E-state index in [-0.39, 0.29) is 6.04 Å². The minimum Gasteiger partial charge on any atom is -0.497 e. The zero-order chi connectivity index (χ0) is 12.3. The zero-order valence-electron chi connectivity index (χ0n) is 10.3. The fourth-order valence-electron chi connectivity index (χ4n) is 2.58. The van der Waals surface area contributed by atoms with Crippen molar-refractivity contribution in [1.29, 1.82) is 0 Å². The predicted molar refractivity (Wildman–Crippen MR) is 67.2 cm³/mol. The Morgan fingerprint density at radius 3 is 3.18 bits per heavy atom. The second kappa shape index (κ2) is 5.11. The fraction of sp³-hybridized carbons (Fsp3) is 0.538. The topological polar surface area (TPSA) is 58.0 Å². The third-order valence-electron chi connectivity index (χ3n) is 3.32. The molecule has 0 aromatic rings. The summed E-state index contributed by atoms with van der Waals surface area (Å²) in [7, 11) is 1.72. The van der Waals surface area contributed by atoms with Crippen LogP contribution in [0, 0.1) is 5.92 Å². The van der Waals surface area contributed by atoms with Crippen LogP contribution < -0.4 is 0 Å². The average Bonchev–Trinajstić information content (AvgIpc) is 2.73. The van der Waals surface area contributed by atoms with E-state index in [1.807, 2.05) is 6.92 Å². The predicted octanol–water partition coefficient (Wildman–Crippen LogP) is 3.88. The third kappa shape index (κ3) is 2.37. The molecule has 0 fully saturated rings. The largest absolute Gasteiger partial charge is 0.497 e. The van der Waals surface area contributed by atoms with Gasteiger partial charge in [-0.05, 0) is 36.4 Å². The van der Waals surface area contributed by atoms with E-state index in [1.165, 1.54) is 11.1 Å². The SMILES string of the molecule is COC1=CCCC2=C1C(CC(C)N=[N+]=[N-])C=C2. The van der Waals surface area contributed by atoms with E-state index in [9.17, 15) is 0 Å². The maximum Gasteiger partial charge on any atom is 0.118 e. The Morgan fingerprint density at radius 1 is 1.65 bits per heavy atom. The number of allylic oxidation sites excluding steroid dienone is 5. The molecule has 0 N–H and O–H groups in total. The summed E-state index contributed by atoms with van der Waals surface area (Å²) in [5, 5.41) is 3.74. The van der Waals surface area contributed by atoms with Gasteiger partial charge in [0, 0.05) is 22.4 Å². The van der Waals surface area contributed by atoms with Crippen molar-refractivity contribution in [2.24, 2.45) is 11.0 Å². The number of methoxy groups -OCH3 is 1. The number of azide groups is 1. The molecule has 2 atom stereocenters. The van der Waals surface area contributed by atoms with Crippen LogP contribution in [0.1, 0.15) is 26.2 Å². The molecule has 0 aliphatic heterocycles. The van der Waals surface area contributed by atoms with Crippen molar-refractivity contribution in [2.45, 2.75) is 32.2 Å². The Labute approximate surface area is 101 Å². The van der Waals surface area contributed by atoms with Crippen molar-refractivity contribution in [2.75, 3.05) is 7.11 Å². The second-order valence-electron chi connectivity index (χ2n) is 4.51. The summed E-state index contributed by atoms with van der Waals surface area (Å²) in [5.74, 6) is 1.33. The molecule has 2 aliphatic carbocycles. The van der Waals surface area contributed by atoms with Gasteiger partial charge in [0.25, 0.3) is 0 Å². The average molecular weight is 231 g/mol. The highest BCUT2D eigenvalue weighted by molar-refractivity contribution is 5.48. The van der Waals surface area contributed by atoms with Gasteiger partial charge in [-0.25, -0.2) is 0 Å². The monoisotopic (exact) mass is 231 g/mol. The van der Waals surface area contributed by atoms with Gasteiger partial charge in [0.15, 0.2) is 0 Å². The lowest BCUT2D eigenvalue weighted by atomic mass is 9.89. The minimum absolute atomic E-state index is 0.0153. The summed E-state index contributed by atoms with van der Waals surface area (Å²) in [6, 6.07) is 0.0153. The standard InChI is InChI=1S/C13H17N3O/c1-9(15-16-14)8-11-7-6-10-4-3-5-12(17-2)13(10)11/h5-7,9,11H,3-4,8H2,1-2H3. The van der Waals surface area contributed by atoms with Crippen LogP contribution in [0.4, 0.5) is 0 Å². The van der Waals surface area contributed by atoms with E-state index < -0.39 is 0 Å². The van der Waals surface area contributed by atoms with Gasteiger partial charge in [-0.2, -0.15) is 0 Å². The van der Waals surface area contributed by atoms with Crippen molar-refractivity contribution in [3.63, 3.8) is 0 Å². The van der Waals surface area contributed by atoms with E-state index in [4.69, 9.17) is 10.3 Å². The molecule has 4 heteroatoms. The van der Waals surface area contributed by atoms with Gasteiger partial charge < -0.3 is 4.74 Å². The van der Waals surface area contributed by atoms with Crippen LogP contribution in [0.3, 0.4) is 0 Å². The Kier molecular flexibility index (Phi) is 3.55. The zero-order valence-corrected chi connectivity index (χ0v) is 10.3. The van der Waals surface area contributed by atoms with Gasteiger partial charge in [-0.1, -0.05) is 24.2 Å². The van der Waals surface area contributed by atoms with Gasteiger partial charge in [0.05, 0.1) is 7.11 Å². The Bertz CT molecular complexity index is 442. The molecule has 0 radical (unpaired) electrons. The van der Waals surface area contributed by atoms with Crippen molar-refractivity contribution in [3.8, 4) is 0 Å². The number of nitrogens with zero attached hydrogens (tertiary/aromatic N) is 3. The van der Waals surface area contributed by atoms with Crippen LogP contribution in [0.25, 0.3) is 10.4 Å². The van der Waals surface area contributed by atoms with Crippen molar-refractivity contribution >= 4 is 0 Å². The quantitative estimate of drug-likeness (QED) is 0.411. The van der Waals surface area contributed by atoms with E-state index in [1.54, 1.807) is 7.11 Å². The molecule has 2 aliphatic rings. The summed E-state index contributed by atoms with van der Waals surface area (Å²) < 4.78 is 5.44. The summed E-state index contributed by atoms with van der Waals surface area (Å²) in [6.45, 7) is 1.95. The highest BCUT2D eigenvalue weighted by atomic mass is 16.5. The van der Waals surface area contributed by atoms with Crippen molar-refractivity contribution < 1.29 is 4.74 Å². The second-order valence-corrected chi connectivity index (χ2v) is 4.51. The molecular formula is C13H17N3O. The maximum absolute atomic E-state index is 8.43. The van der Waals surface area contributed by atoms with Crippen molar-refractivity contribution in [1.82, 2.24) is 0 Å². The summed E-state index contributed by atoms with van der Waals surface area (Å²) in [4.78, 5) is 2.86. The molecule has 0 amide bonds. The number of hydrogen-bond acceptors (Lipinski definition) is 2. The van der Waals surface area contributed by atoms with Crippen LogP contribution in [0.5, 0.6) is 0 Å².